The molecule has 1 N–H and O–H groups in total. The van der Waals surface area contributed by atoms with Crippen molar-refractivity contribution in [1.29, 1.82) is 0 Å². The number of carbonyl (C=O) groups excluding carboxylic acids is 2. The van der Waals surface area contributed by atoms with E-state index in [1.54, 1.807) is 21.6 Å². The molecule has 0 unspecified atom stereocenters. The van der Waals surface area contributed by atoms with Crippen LogP contribution in [0.5, 0.6) is 0 Å². The fourth-order valence-corrected chi connectivity index (χ4v) is 4.65. The Bertz CT molecular complexity index is 698. The zero-order valence-corrected chi connectivity index (χ0v) is 15.1. The van der Waals surface area contributed by atoms with Gasteiger partial charge in [0.05, 0.1) is 6.10 Å². The van der Waals surface area contributed by atoms with Crippen LogP contribution in [0.1, 0.15) is 12.0 Å². The first-order chi connectivity index (χ1) is 12.1. The van der Waals surface area contributed by atoms with Gasteiger partial charge in [-0.3, -0.25) is 14.5 Å². The molecule has 3 fully saturated rings. The van der Waals surface area contributed by atoms with Crippen LogP contribution in [0.25, 0.3) is 0 Å². The molecule has 0 spiro atoms. The fourth-order valence-electron chi connectivity index (χ4n) is 4.16. The summed E-state index contributed by atoms with van der Waals surface area (Å²) in [5.74, 6) is -0.00565. The van der Waals surface area contributed by atoms with Gasteiger partial charge in [-0.25, -0.2) is 0 Å². The average Bonchev–Trinajstić information content (AvgIpc) is 3.02. The first-order valence-electron chi connectivity index (χ1n) is 8.71. The molecule has 3 aliphatic rings. The van der Waals surface area contributed by atoms with E-state index in [1.807, 2.05) is 0 Å². The number of aliphatic hydroxyl groups excluding tert-OH is 1. The van der Waals surface area contributed by atoms with E-state index in [4.69, 9.17) is 0 Å². The van der Waals surface area contributed by atoms with Crippen molar-refractivity contribution in [1.82, 2.24) is 14.7 Å². The van der Waals surface area contributed by atoms with Gasteiger partial charge in [0.15, 0.2) is 0 Å². The SMILES string of the molecule is CSc1cccc(CN2CCN3C(=O)[C@@H]4C[C@@H](O)CN4C(=O)[C@H]3C2)c1. The molecular formula is C18H23N3O3S. The van der Waals surface area contributed by atoms with E-state index in [0.717, 1.165) is 13.1 Å². The minimum absolute atomic E-state index is 0.00480. The number of piperazine rings is 2. The number of hydrogen-bond acceptors (Lipinski definition) is 5. The van der Waals surface area contributed by atoms with Gasteiger partial charge in [0, 0.05) is 44.0 Å². The molecule has 0 aromatic heterocycles. The molecule has 7 heteroatoms. The molecule has 1 aromatic rings. The molecule has 0 aliphatic carbocycles. The summed E-state index contributed by atoms with van der Waals surface area (Å²) in [4.78, 5) is 32.3. The Balaban J connectivity index is 1.48. The molecule has 134 valence electrons. The molecule has 1 aromatic carbocycles. The molecule has 6 nitrogen and oxygen atoms in total. The predicted molar refractivity (Wildman–Crippen MR) is 95.1 cm³/mol. The van der Waals surface area contributed by atoms with Crippen LogP contribution in [0.4, 0.5) is 0 Å². The van der Waals surface area contributed by atoms with Crippen molar-refractivity contribution in [2.75, 3.05) is 32.4 Å². The summed E-state index contributed by atoms with van der Waals surface area (Å²) in [6.45, 7) is 2.99. The number of thioether (sulfide) groups is 1. The van der Waals surface area contributed by atoms with Gasteiger partial charge >= 0.3 is 0 Å². The Labute approximate surface area is 151 Å². The van der Waals surface area contributed by atoms with Crippen LogP contribution in [0, 0.1) is 0 Å². The monoisotopic (exact) mass is 361 g/mol. The van der Waals surface area contributed by atoms with Crippen molar-refractivity contribution in [3.8, 4) is 0 Å². The molecule has 3 aliphatic heterocycles. The normalized spacial score (nSPS) is 29.8. The van der Waals surface area contributed by atoms with Gasteiger partial charge in [0.1, 0.15) is 12.1 Å². The molecule has 3 atom stereocenters. The van der Waals surface area contributed by atoms with Crippen LogP contribution in [0.2, 0.25) is 0 Å². The topological polar surface area (TPSA) is 64.1 Å². The third kappa shape index (κ3) is 3.05. The molecule has 4 rings (SSSR count). The van der Waals surface area contributed by atoms with Crippen molar-refractivity contribution in [2.24, 2.45) is 0 Å². The van der Waals surface area contributed by atoms with Crippen molar-refractivity contribution in [3.05, 3.63) is 29.8 Å². The van der Waals surface area contributed by atoms with Crippen molar-refractivity contribution < 1.29 is 14.7 Å². The predicted octanol–water partition coefficient (Wildman–Crippen LogP) is 0.397. The van der Waals surface area contributed by atoms with Crippen molar-refractivity contribution >= 4 is 23.6 Å². The number of carbonyl (C=O) groups is 2. The van der Waals surface area contributed by atoms with E-state index in [1.165, 1.54) is 10.5 Å². The highest BCUT2D eigenvalue weighted by Crippen LogP contribution is 2.29. The highest BCUT2D eigenvalue weighted by Gasteiger charge is 2.51. The Morgan fingerprint density at radius 2 is 1.92 bits per heavy atom. The van der Waals surface area contributed by atoms with Crippen LogP contribution >= 0.6 is 11.8 Å². The molecular weight excluding hydrogens is 338 g/mol. The summed E-state index contributed by atoms with van der Waals surface area (Å²) in [6.07, 6.45) is 1.86. The van der Waals surface area contributed by atoms with Crippen LogP contribution < -0.4 is 0 Å². The van der Waals surface area contributed by atoms with E-state index < -0.39 is 18.2 Å². The number of fused-ring (bicyclic) bond motifs is 2. The van der Waals surface area contributed by atoms with E-state index in [0.29, 0.717) is 19.5 Å². The Hall–Kier alpha value is -1.57. The smallest absolute Gasteiger partial charge is 0.247 e. The van der Waals surface area contributed by atoms with Crippen LogP contribution in [-0.4, -0.2) is 82.2 Å². The second-order valence-corrected chi connectivity index (χ2v) is 7.91. The van der Waals surface area contributed by atoms with Gasteiger partial charge in [0.25, 0.3) is 0 Å². The first-order valence-corrected chi connectivity index (χ1v) is 9.93. The molecule has 0 radical (unpaired) electrons. The lowest BCUT2D eigenvalue weighted by Crippen LogP contribution is -2.68. The summed E-state index contributed by atoms with van der Waals surface area (Å²) in [6, 6.07) is 7.57. The number of hydrogen-bond donors (Lipinski definition) is 1. The van der Waals surface area contributed by atoms with E-state index in [-0.39, 0.29) is 18.4 Å². The van der Waals surface area contributed by atoms with E-state index in [9.17, 15) is 14.7 Å². The maximum Gasteiger partial charge on any atom is 0.247 e. The van der Waals surface area contributed by atoms with Gasteiger partial charge in [-0.05, 0) is 24.0 Å². The summed E-state index contributed by atoms with van der Waals surface area (Å²) in [7, 11) is 0. The highest BCUT2D eigenvalue weighted by atomic mass is 32.2. The van der Waals surface area contributed by atoms with Crippen LogP contribution in [0.3, 0.4) is 0 Å². The average molecular weight is 361 g/mol. The van der Waals surface area contributed by atoms with Crippen LogP contribution in [0.15, 0.2) is 29.2 Å². The number of amides is 2. The second kappa shape index (κ2) is 6.63. The van der Waals surface area contributed by atoms with Crippen molar-refractivity contribution in [3.63, 3.8) is 0 Å². The maximum absolute atomic E-state index is 12.8. The quantitative estimate of drug-likeness (QED) is 0.790. The lowest BCUT2D eigenvalue weighted by molar-refractivity contribution is -0.163. The zero-order valence-electron chi connectivity index (χ0n) is 14.3. The third-order valence-electron chi connectivity index (χ3n) is 5.42. The summed E-state index contributed by atoms with van der Waals surface area (Å²) in [5, 5.41) is 9.85. The Kier molecular flexibility index (Phi) is 4.47. The zero-order chi connectivity index (χ0) is 17.6. The minimum Gasteiger partial charge on any atom is -0.391 e. The van der Waals surface area contributed by atoms with E-state index >= 15 is 0 Å². The third-order valence-corrected chi connectivity index (χ3v) is 6.15. The largest absolute Gasteiger partial charge is 0.391 e. The lowest BCUT2D eigenvalue weighted by atomic mass is 10.0. The molecule has 25 heavy (non-hydrogen) atoms. The summed E-state index contributed by atoms with van der Waals surface area (Å²) < 4.78 is 0. The standard InChI is InChI=1S/C18H23N3O3S/c1-25-14-4-2-3-12(7-14)9-19-5-6-20-16(11-19)18(24)21-10-13(22)8-15(21)17(20)23/h2-4,7,13,15-16,22H,5-6,8-11H2,1H3/t13-,15+,16-/m1/s1. The summed E-state index contributed by atoms with van der Waals surface area (Å²) >= 11 is 1.72. The molecule has 3 saturated heterocycles. The summed E-state index contributed by atoms with van der Waals surface area (Å²) in [5.41, 5.74) is 1.23. The fraction of sp³-hybridized carbons (Fsp3) is 0.556. The van der Waals surface area contributed by atoms with Crippen LogP contribution in [-0.2, 0) is 16.1 Å². The molecule has 0 saturated carbocycles. The molecule has 0 bridgehead atoms. The Morgan fingerprint density at radius 3 is 2.72 bits per heavy atom. The van der Waals surface area contributed by atoms with Crippen molar-refractivity contribution in [2.45, 2.75) is 36.0 Å². The minimum atomic E-state index is -0.579. The van der Waals surface area contributed by atoms with E-state index in [2.05, 4.69) is 35.4 Å². The van der Waals surface area contributed by atoms with Gasteiger partial charge < -0.3 is 14.9 Å². The number of aliphatic hydroxyl groups is 1. The maximum atomic E-state index is 12.8. The van der Waals surface area contributed by atoms with Gasteiger partial charge in [-0.15, -0.1) is 11.8 Å². The Morgan fingerprint density at radius 1 is 1.12 bits per heavy atom. The highest BCUT2D eigenvalue weighted by molar-refractivity contribution is 7.98. The lowest BCUT2D eigenvalue weighted by Gasteiger charge is -2.47. The molecule has 3 heterocycles. The van der Waals surface area contributed by atoms with Gasteiger partial charge in [-0.2, -0.15) is 0 Å². The number of rotatable bonds is 3. The first kappa shape index (κ1) is 16.9. The molecule has 2 amide bonds. The number of nitrogens with zero attached hydrogens (tertiary/aromatic N) is 3. The second-order valence-electron chi connectivity index (χ2n) is 7.03. The van der Waals surface area contributed by atoms with Gasteiger partial charge in [0.2, 0.25) is 11.8 Å². The van der Waals surface area contributed by atoms with Gasteiger partial charge in [-0.1, -0.05) is 12.1 Å². The number of benzene rings is 1.